The molecule has 1 saturated carbocycles. The molecule has 0 radical (unpaired) electrons. The molecule has 1 heteroatoms. The first-order valence-corrected chi connectivity index (χ1v) is 7.82. The number of hydrogen-bond donors (Lipinski definition) is 0. The molecule has 0 amide bonds. The van der Waals surface area contributed by atoms with Crippen molar-refractivity contribution in [3.05, 3.63) is 53.2 Å². The van der Waals surface area contributed by atoms with E-state index in [1.54, 1.807) is 12.3 Å². The summed E-state index contributed by atoms with van der Waals surface area (Å²) in [7, 11) is 1.88. The fourth-order valence-electron chi connectivity index (χ4n) is 3.27. The third kappa shape index (κ3) is 3.02. The number of aryl methyl sites for hydroxylation is 3. The summed E-state index contributed by atoms with van der Waals surface area (Å²) in [6, 6.07) is 9.88. The Morgan fingerprint density at radius 2 is 1.95 bits per heavy atom. The summed E-state index contributed by atoms with van der Waals surface area (Å²) < 4.78 is 33.5. The molecule has 0 N–H and O–H groups in total. The highest BCUT2D eigenvalue weighted by Gasteiger charge is 2.18. The van der Waals surface area contributed by atoms with Gasteiger partial charge in [0.2, 0.25) is 5.69 Å². The molecule has 0 bridgehead atoms. The van der Waals surface area contributed by atoms with Gasteiger partial charge >= 0.3 is 0 Å². The van der Waals surface area contributed by atoms with Gasteiger partial charge in [0, 0.05) is 22.7 Å². The lowest BCUT2D eigenvalue weighted by molar-refractivity contribution is -0.660. The SMILES string of the molecule is [2H]C([2H])([2H])c1ccc(-c2cc(C3([2H])CCCCC3)ccc2C)[n+](C)c1. The highest BCUT2D eigenvalue weighted by molar-refractivity contribution is 5.62. The van der Waals surface area contributed by atoms with Crippen molar-refractivity contribution in [3.63, 3.8) is 0 Å². The molecule has 21 heavy (non-hydrogen) atoms. The molecule has 0 saturated heterocycles. The normalized spacial score (nSPS) is 21.0. The van der Waals surface area contributed by atoms with Gasteiger partial charge in [0.25, 0.3) is 0 Å². The van der Waals surface area contributed by atoms with Gasteiger partial charge in [-0.05, 0) is 55.8 Å². The molecule has 0 aliphatic heterocycles. The van der Waals surface area contributed by atoms with Crippen molar-refractivity contribution in [1.82, 2.24) is 0 Å². The molecule has 0 spiro atoms. The van der Waals surface area contributed by atoms with E-state index in [2.05, 4.69) is 25.1 Å². The zero-order valence-corrected chi connectivity index (χ0v) is 12.9. The lowest BCUT2D eigenvalue weighted by Gasteiger charge is -2.22. The maximum Gasteiger partial charge on any atom is 0.212 e. The maximum atomic E-state index is 8.88. The Kier molecular flexibility index (Phi) is 2.91. The van der Waals surface area contributed by atoms with Crippen molar-refractivity contribution in [2.75, 3.05) is 0 Å². The highest BCUT2D eigenvalue weighted by Crippen LogP contribution is 2.34. The van der Waals surface area contributed by atoms with Gasteiger partial charge in [-0.15, -0.1) is 0 Å². The first kappa shape index (κ1) is 10.2. The second-order valence-corrected chi connectivity index (χ2v) is 6.11. The Labute approximate surface area is 134 Å². The quantitative estimate of drug-likeness (QED) is 0.695. The maximum absolute atomic E-state index is 8.88. The molecule has 1 nitrogen and oxygen atoms in total. The van der Waals surface area contributed by atoms with E-state index >= 15 is 0 Å². The summed E-state index contributed by atoms with van der Waals surface area (Å²) in [4.78, 5) is 0. The zero-order chi connectivity index (χ0) is 18.2. The molecule has 0 unspecified atom stereocenters. The minimum absolute atomic E-state index is 0.344. The summed E-state index contributed by atoms with van der Waals surface area (Å²) in [6.07, 6.45) is 6.98. The van der Waals surface area contributed by atoms with E-state index in [1.807, 2.05) is 17.7 Å². The summed E-state index contributed by atoms with van der Waals surface area (Å²) in [5.74, 6) is -0.488. The van der Waals surface area contributed by atoms with Gasteiger partial charge < -0.3 is 0 Å². The molecular formula is C20H26N+. The first-order valence-electron chi connectivity index (χ1n) is 9.82. The standard InChI is InChI=1S/C20H26N/c1-15-9-12-20(21(3)14-15)19-13-18(11-10-16(19)2)17-7-5-4-6-8-17/h9-14,17H,4-8H2,1-3H3/q+1/i1D3,17D. The van der Waals surface area contributed by atoms with Crippen molar-refractivity contribution in [1.29, 1.82) is 0 Å². The van der Waals surface area contributed by atoms with Crippen LogP contribution < -0.4 is 4.57 Å². The lowest BCUT2D eigenvalue weighted by atomic mass is 9.83. The first-order chi connectivity index (χ1) is 11.7. The van der Waals surface area contributed by atoms with E-state index in [-0.39, 0.29) is 0 Å². The molecule has 1 aromatic heterocycles. The van der Waals surface area contributed by atoms with Crippen molar-refractivity contribution in [2.45, 2.75) is 51.8 Å². The van der Waals surface area contributed by atoms with Crippen LogP contribution in [0.2, 0.25) is 0 Å². The molecule has 1 aliphatic rings. The lowest BCUT2D eigenvalue weighted by Crippen LogP contribution is -2.31. The Hall–Kier alpha value is -1.63. The average Bonchev–Trinajstić information content (AvgIpc) is 2.55. The van der Waals surface area contributed by atoms with Crippen molar-refractivity contribution < 1.29 is 10.1 Å². The number of aromatic nitrogens is 1. The van der Waals surface area contributed by atoms with E-state index in [1.165, 1.54) is 6.42 Å². The number of hydrogen-bond acceptors (Lipinski definition) is 0. The topological polar surface area (TPSA) is 3.88 Å². The van der Waals surface area contributed by atoms with Crippen LogP contribution in [0.3, 0.4) is 0 Å². The fraction of sp³-hybridized carbons (Fsp3) is 0.450. The molecule has 1 aliphatic carbocycles. The van der Waals surface area contributed by atoms with E-state index in [0.29, 0.717) is 5.56 Å². The second kappa shape index (κ2) is 6.01. The largest absolute Gasteiger partial charge is 0.212 e. The van der Waals surface area contributed by atoms with Crippen LogP contribution in [0.5, 0.6) is 0 Å². The number of nitrogens with zero attached hydrogens (tertiary/aromatic N) is 1. The van der Waals surface area contributed by atoms with Crippen LogP contribution in [0, 0.1) is 13.8 Å². The predicted molar refractivity (Wildman–Crippen MR) is 88.4 cm³/mol. The Balaban J connectivity index is 2.04. The van der Waals surface area contributed by atoms with Gasteiger partial charge in [0.05, 0.1) is 0 Å². The van der Waals surface area contributed by atoms with Gasteiger partial charge in [-0.2, -0.15) is 0 Å². The molecule has 2 aromatic rings. The van der Waals surface area contributed by atoms with Gasteiger partial charge in [0.15, 0.2) is 6.20 Å². The van der Waals surface area contributed by atoms with E-state index in [9.17, 15) is 0 Å². The molecule has 1 aromatic carbocycles. The van der Waals surface area contributed by atoms with Crippen molar-refractivity contribution in [3.8, 4) is 11.3 Å². The molecule has 1 fully saturated rings. The molecular weight excluding hydrogens is 254 g/mol. The summed E-state index contributed by atoms with van der Waals surface area (Å²) in [5.41, 5.74) is 4.62. The third-order valence-corrected chi connectivity index (χ3v) is 4.51. The van der Waals surface area contributed by atoms with Crippen molar-refractivity contribution >= 4 is 0 Å². The summed E-state index contributed by atoms with van der Waals surface area (Å²) >= 11 is 0. The molecule has 1 heterocycles. The smallest absolute Gasteiger partial charge is 0.201 e. The van der Waals surface area contributed by atoms with Crippen LogP contribution in [0.1, 0.15) is 60.2 Å². The Morgan fingerprint density at radius 3 is 2.67 bits per heavy atom. The number of pyridine rings is 1. The zero-order valence-electron chi connectivity index (χ0n) is 16.9. The third-order valence-electron chi connectivity index (χ3n) is 4.51. The minimum Gasteiger partial charge on any atom is -0.201 e. The molecule has 0 atom stereocenters. The Bertz CT molecular complexity index is 774. The van der Waals surface area contributed by atoms with Gasteiger partial charge in [-0.1, -0.05) is 31.4 Å². The van der Waals surface area contributed by atoms with Crippen LogP contribution >= 0.6 is 0 Å². The average molecular weight is 284 g/mol. The number of rotatable bonds is 2. The van der Waals surface area contributed by atoms with Crippen molar-refractivity contribution in [2.24, 2.45) is 7.05 Å². The highest BCUT2D eigenvalue weighted by atomic mass is 14.9. The van der Waals surface area contributed by atoms with E-state index in [0.717, 1.165) is 48.1 Å². The summed E-state index contributed by atoms with van der Waals surface area (Å²) in [6.45, 7) is -0.0329. The van der Waals surface area contributed by atoms with Crippen LogP contribution in [0.4, 0.5) is 0 Å². The van der Waals surface area contributed by atoms with E-state index in [4.69, 9.17) is 5.48 Å². The van der Waals surface area contributed by atoms with Crippen LogP contribution in [0.25, 0.3) is 11.3 Å². The fourth-order valence-corrected chi connectivity index (χ4v) is 3.27. The summed E-state index contributed by atoms with van der Waals surface area (Å²) in [5, 5.41) is 0. The Morgan fingerprint density at radius 1 is 1.14 bits per heavy atom. The predicted octanol–water partition coefficient (Wildman–Crippen LogP) is 4.84. The second-order valence-electron chi connectivity index (χ2n) is 6.11. The monoisotopic (exact) mass is 284 g/mol. The van der Waals surface area contributed by atoms with Crippen LogP contribution in [-0.4, -0.2) is 0 Å². The van der Waals surface area contributed by atoms with E-state index < -0.39 is 12.7 Å². The molecule has 3 rings (SSSR count). The number of benzene rings is 1. The molecule has 110 valence electrons. The van der Waals surface area contributed by atoms with Crippen LogP contribution in [-0.2, 0) is 7.05 Å². The van der Waals surface area contributed by atoms with Gasteiger partial charge in [-0.25, -0.2) is 4.57 Å². The minimum atomic E-state index is -2.10. The van der Waals surface area contributed by atoms with Gasteiger partial charge in [0.1, 0.15) is 7.05 Å². The van der Waals surface area contributed by atoms with Crippen LogP contribution in [0.15, 0.2) is 36.5 Å². The van der Waals surface area contributed by atoms with Gasteiger partial charge in [-0.3, -0.25) is 0 Å².